The molecule has 2 N–H and O–H groups in total. The Balaban J connectivity index is 2.39. The zero-order chi connectivity index (χ0) is 15.3. The van der Waals surface area contributed by atoms with E-state index in [1.165, 1.54) is 0 Å². The van der Waals surface area contributed by atoms with Gasteiger partial charge in [-0.25, -0.2) is 4.31 Å². The summed E-state index contributed by atoms with van der Waals surface area (Å²) in [6.07, 6.45) is 1.85. The minimum Gasteiger partial charge on any atom is -0.309 e. The van der Waals surface area contributed by atoms with E-state index in [1.54, 1.807) is 11.9 Å². The number of rotatable bonds is 6. The molecular formula is C14H25N3O2S. The first-order chi connectivity index (χ1) is 9.25. The third-order valence-corrected chi connectivity index (χ3v) is 4.60. The molecule has 1 aliphatic rings. The number of nitrogens with zero attached hydrogens (tertiary/aromatic N) is 1. The van der Waals surface area contributed by atoms with Gasteiger partial charge < -0.3 is 5.41 Å². The van der Waals surface area contributed by atoms with Crippen molar-refractivity contribution in [1.82, 2.24) is 9.62 Å². The summed E-state index contributed by atoms with van der Waals surface area (Å²) in [7, 11) is 0. The summed E-state index contributed by atoms with van der Waals surface area (Å²) in [5.41, 5.74) is 0.00786. The van der Waals surface area contributed by atoms with Crippen molar-refractivity contribution in [3.63, 3.8) is 0 Å². The lowest BCUT2D eigenvalue weighted by atomic mass is 9.88. The normalized spacial score (nSPS) is 19.3. The molecular weight excluding hydrogens is 274 g/mol. The van der Waals surface area contributed by atoms with E-state index in [-0.39, 0.29) is 29.7 Å². The van der Waals surface area contributed by atoms with Gasteiger partial charge in [-0.1, -0.05) is 39.6 Å². The second-order valence-electron chi connectivity index (χ2n) is 6.10. The summed E-state index contributed by atoms with van der Waals surface area (Å²) in [5.74, 6) is 0.390. The van der Waals surface area contributed by atoms with Crippen molar-refractivity contribution in [2.24, 2.45) is 5.41 Å². The molecule has 2 amide bonds. The summed E-state index contributed by atoms with van der Waals surface area (Å²) in [6.45, 7) is 8.66. The third kappa shape index (κ3) is 4.90. The number of hydrogen-bond donors (Lipinski definition) is 2. The van der Waals surface area contributed by atoms with E-state index in [4.69, 9.17) is 5.41 Å². The number of carbonyl (C=O) groups is 2. The SMILES string of the molecule is CCCSN1CCC1C(=O)NC(=O)CC(=N)C(C)(C)C. The molecule has 0 radical (unpaired) electrons. The first-order valence-corrected chi connectivity index (χ1v) is 8.01. The van der Waals surface area contributed by atoms with Crippen molar-refractivity contribution in [2.75, 3.05) is 12.3 Å². The highest BCUT2D eigenvalue weighted by Gasteiger charge is 2.35. The molecule has 0 aliphatic carbocycles. The van der Waals surface area contributed by atoms with Gasteiger partial charge in [0.15, 0.2) is 0 Å². The third-order valence-electron chi connectivity index (χ3n) is 3.24. The topological polar surface area (TPSA) is 73.3 Å². The first kappa shape index (κ1) is 17.2. The van der Waals surface area contributed by atoms with E-state index in [2.05, 4.69) is 12.2 Å². The Morgan fingerprint density at radius 2 is 2.05 bits per heavy atom. The van der Waals surface area contributed by atoms with Crippen LogP contribution in [-0.2, 0) is 9.59 Å². The van der Waals surface area contributed by atoms with Gasteiger partial charge in [0.2, 0.25) is 11.8 Å². The maximum absolute atomic E-state index is 12.0. The summed E-state index contributed by atoms with van der Waals surface area (Å²) < 4.78 is 2.03. The molecule has 1 aliphatic heterocycles. The second-order valence-corrected chi connectivity index (χ2v) is 7.23. The van der Waals surface area contributed by atoms with E-state index < -0.39 is 0 Å². The molecule has 0 bridgehead atoms. The molecule has 1 unspecified atom stereocenters. The van der Waals surface area contributed by atoms with Crippen LogP contribution in [0.15, 0.2) is 0 Å². The molecule has 114 valence electrons. The summed E-state index contributed by atoms with van der Waals surface area (Å²) in [6, 6.07) is -0.195. The Hall–Kier alpha value is -0.880. The Bertz CT molecular complexity index is 390. The molecule has 5 nitrogen and oxygen atoms in total. The largest absolute Gasteiger partial charge is 0.309 e. The molecule has 6 heteroatoms. The number of carbonyl (C=O) groups excluding carboxylic acids is 2. The number of imide groups is 1. The van der Waals surface area contributed by atoms with Crippen LogP contribution in [0.4, 0.5) is 0 Å². The molecule has 0 saturated carbocycles. The summed E-state index contributed by atoms with van der Waals surface area (Å²) >= 11 is 1.66. The lowest BCUT2D eigenvalue weighted by molar-refractivity contribution is -0.133. The van der Waals surface area contributed by atoms with Gasteiger partial charge in [-0.3, -0.25) is 14.9 Å². The Kier molecular flexibility index (Phi) is 6.20. The lowest BCUT2D eigenvalue weighted by Crippen LogP contribution is -2.54. The van der Waals surface area contributed by atoms with Crippen molar-refractivity contribution < 1.29 is 9.59 Å². The number of amides is 2. The Morgan fingerprint density at radius 3 is 2.50 bits per heavy atom. The highest BCUT2D eigenvalue weighted by molar-refractivity contribution is 7.97. The fourth-order valence-electron chi connectivity index (χ4n) is 1.68. The molecule has 20 heavy (non-hydrogen) atoms. The van der Waals surface area contributed by atoms with Crippen LogP contribution in [0, 0.1) is 10.8 Å². The van der Waals surface area contributed by atoms with Crippen molar-refractivity contribution >= 4 is 29.5 Å². The monoisotopic (exact) mass is 299 g/mol. The van der Waals surface area contributed by atoms with Gasteiger partial charge in [-0.2, -0.15) is 0 Å². The van der Waals surface area contributed by atoms with Crippen LogP contribution in [0.5, 0.6) is 0 Å². The van der Waals surface area contributed by atoms with Crippen LogP contribution < -0.4 is 5.32 Å². The molecule has 1 atom stereocenters. The van der Waals surface area contributed by atoms with E-state index >= 15 is 0 Å². The summed E-state index contributed by atoms with van der Waals surface area (Å²) in [4.78, 5) is 23.8. The highest BCUT2D eigenvalue weighted by Crippen LogP contribution is 2.26. The van der Waals surface area contributed by atoms with Gasteiger partial charge in [-0.05, 0) is 12.8 Å². The smallest absolute Gasteiger partial charge is 0.244 e. The minimum atomic E-state index is -0.373. The van der Waals surface area contributed by atoms with Gasteiger partial charge in [0.1, 0.15) is 6.04 Å². The molecule has 1 fully saturated rings. The van der Waals surface area contributed by atoms with Crippen LogP contribution in [-0.4, -0.2) is 40.2 Å². The van der Waals surface area contributed by atoms with E-state index in [1.807, 2.05) is 25.1 Å². The van der Waals surface area contributed by atoms with Crippen molar-refractivity contribution in [3.8, 4) is 0 Å². The zero-order valence-corrected chi connectivity index (χ0v) is 13.6. The van der Waals surface area contributed by atoms with Gasteiger partial charge in [-0.15, -0.1) is 0 Å². The van der Waals surface area contributed by atoms with Crippen LogP contribution >= 0.6 is 11.9 Å². The molecule has 0 aromatic carbocycles. The lowest BCUT2D eigenvalue weighted by Gasteiger charge is -2.38. The predicted molar refractivity (Wildman–Crippen MR) is 82.8 cm³/mol. The maximum Gasteiger partial charge on any atom is 0.244 e. The van der Waals surface area contributed by atoms with E-state index in [0.717, 1.165) is 25.1 Å². The Labute approximate surface area is 125 Å². The maximum atomic E-state index is 12.0. The molecule has 0 aromatic heterocycles. The predicted octanol–water partition coefficient (Wildman–Crippen LogP) is 2.22. The average Bonchev–Trinajstić information content (AvgIpc) is 2.26. The minimum absolute atomic E-state index is 0.00986. The quantitative estimate of drug-likeness (QED) is 0.582. The molecule has 1 saturated heterocycles. The fraction of sp³-hybridized carbons (Fsp3) is 0.786. The first-order valence-electron chi connectivity index (χ1n) is 7.07. The van der Waals surface area contributed by atoms with Crippen molar-refractivity contribution in [1.29, 1.82) is 5.41 Å². The molecule has 1 heterocycles. The molecule has 0 spiro atoms. The van der Waals surface area contributed by atoms with Crippen LogP contribution in [0.25, 0.3) is 0 Å². The second kappa shape index (κ2) is 7.22. The standard InChI is InChI=1S/C14H25N3O2S/c1-5-8-20-17-7-6-10(17)13(19)16-12(18)9-11(15)14(2,3)4/h10,15H,5-9H2,1-4H3,(H,16,18,19). The average molecular weight is 299 g/mol. The van der Waals surface area contributed by atoms with Gasteiger partial charge in [0.05, 0.1) is 6.42 Å². The number of nitrogens with one attached hydrogen (secondary N) is 2. The Morgan fingerprint density at radius 1 is 1.40 bits per heavy atom. The van der Waals surface area contributed by atoms with E-state index in [0.29, 0.717) is 5.71 Å². The van der Waals surface area contributed by atoms with Crippen molar-refractivity contribution in [2.45, 2.75) is 53.0 Å². The zero-order valence-electron chi connectivity index (χ0n) is 12.8. The summed E-state index contributed by atoms with van der Waals surface area (Å²) in [5, 5.41) is 10.2. The van der Waals surface area contributed by atoms with Gasteiger partial charge in [0.25, 0.3) is 0 Å². The van der Waals surface area contributed by atoms with Crippen molar-refractivity contribution in [3.05, 3.63) is 0 Å². The number of hydrogen-bond acceptors (Lipinski definition) is 5. The molecule has 1 rings (SSSR count). The molecule has 0 aromatic rings. The van der Waals surface area contributed by atoms with Crippen LogP contribution in [0.1, 0.15) is 47.0 Å². The van der Waals surface area contributed by atoms with E-state index in [9.17, 15) is 9.59 Å². The highest BCUT2D eigenvalue weighted by atomic mass is 32.2. The van der Waals surface area contributed by atoms with Crippen LogP contribution in [0.3, 0.4) is 0 Å². The van der Waals surface area contributed by atoms with Crippen LogP contribution in [0.2, 0.25) is 0 Å². The van der Waals surface area contributed by atoms with Gasteiger partial charge in [0, 0.05) is 23.4 Å². The van der Waals surface area contributed by atoms with Gasteiger partial charge >= 0.3 is 0 Å². The fourth-order valence-corrected chi connectivity index (χ4v) is 2.71.